The predicted octanol–water partition coefficient (Wildman–Crippen LogP) is 6.12. The molecule has 0 aliphatic heterocycles. The summed E-state index contributed by atoms with van der Waals surface area (Å²) in [5.74, 6) is 0. The lowest BCUT2D eigenvalue weighted by atomic mass is 10.2. The molecule has 1 heterocycles. The maximum atomic E-state index is 3.78. The first kappa shape index (κ1) is 27.3. The lowest BCUT2D eigenvalue weighted by Gasteiger charge is -2.21. The molecule has 1 rings (SSSR count). The minimum Gasteiger partial charge on any atom is -0.304 e. The first-order valence-corrected chi connectivity index (χ1v) is 11.0. The predicted molar refractivity (Wildman–Crippen MR) is 119 cm³/mol. The van der Waals surface area contributed by atoms with Crippen LogP contribution in [-0.2, 0) is 0 Å². The number of rotatable bonds is 12. The van der Waals surface area contributed by atoms with Crippen LogP contribution in [0.25, 0.3) is 0 Å². The Bertz CT molecular complexity index is 274. The molecule has 3 heteroatoms. The zero-order valence-electron chi connectivity index (χ0n) is 18.7. The molecular formula is C23H47N3. The van der Waals surface area contributed by atoms with E-state index in [-0.39, 0.29) is 0 Å². The van der Waals surface area contributed by atoms with Gasteiger partial charge in [0.1, 0.15) is 0 Å². The van der Waals surface area contributed by atoms with E-state index in [0.29, 0.717) is 0 Å². The third kappa shape index (κ3) is 21.1. The molecule has 0 N–H and O–H groups in total. The van der Waals surface area contributed by atoms with E-state index in [4.69, 9.17) is 0 Å². The Morgan fingerprint density at radius 2 is 0.923 bits per heavy atom. The summed E-state index contributed by atoms with van der Waals surface area (Å²) in [5, 5.41) is 0. The minimum absolute atomic E-state index is 1.19. The van der Waals surface area contributed by atoms with Crippen molar-refractivity contribution in [1.82, 2.24) is 14.8 Å². The van der Waals surface area contributed by atoms with Crippen LogP contribution in [0, 0.1) is 0 Å². The minimum atomic E-state index is 1.19. The van der Waals surface area contributed by atoms with Crippen LogP contribution in [0.3, 0.4) is 0 Å². The van der Waals surface area contributed by atoms with Gasteiger partial charge in [0, 0.05) is 12.4 Å². The van der Waals surface area contributed by atoms with Crippen LogP contribution in [0.2, 0.25) is 0 Å². The Labute approximate surface area is 165 Å². The molecule has 0 radical (unpaired) electrons. The third-order valence-corrected chi connectivity index (χ3v) is 4.39. The Morgan fingerprint density at radius 1 is 0.538 bits per heavy atom. The number of hydrogen-bond donors (Lipinski definition) is 0. The van der Waals surface area contributed by atoms with Gasteiger partial charge in [0.05, 0.1) is 0 Å². The molecular weight excluding hydrogens is 318 g/mol. The van der Waals surface area contributed by atoms with Gasteiger partial charge in [-0.25, -0.2) is 0 Å². The van der Waals surface area contributed by atoms with E-state index >= 15 is 0 Å². The Balaban J connectivity index is 0. The molecule has 0 unspecified atom stereocenters. The second-order valence-electron chi connectivity index (χ2n) is 6.55. The average Bonchev–Trinajstić information content (AvgIpc) is 2.71. The summed E-state index contributed by atoms with van der Waals surface area (Å²) in [6.07, 6.45) is 11.6. The van der Waals surface area contributed by atoms with Crippen molar-refractivity contribution in [3.63, 3.8) is 0 Å². The second kappa shape index (κ2) is 24.1. The summed E-state index contributed by atoms with van der Waals surface area (Å²) in [6, 6.07) is 5.72. The number of aromatic nitrogens is 1. The van der Waals surface area contributed by atoms with Crippen molar-refractivity contribution in [1.29, 1.82) is 0 Å². The quantitative estimate of drug-likeness (QED) is 0.445. The normalized spacial score (nSPS) is 10.2. The molecule has 1 aromatic rings. The number of pyridine rings is 1. The summed E-state index contributed by atoms with van der Waals surface area (Å²) >= 11 is 0. The molecule has 3 nitrogen and oxygen atoms in total. The van der Waals surface area contributed by atoms with Crippen LogP contribution in [0.1, 0.15) is 80.1 Å². The highest BCUT2D eigenvalue weighted by Crippen LogP contribution is 2.01. The molecule has 1 aromatic heterocycles. The molecule has 0 aliphatic rings. The molecule has 0 amide bonds. The summed E-state index contributed by atoms with van der Waals surface area (Å²) in [5.41, 5.74) is 0. The molecule has 0 aliphatic carbocycles. The highest BCUT2D eigenvalue weighted by Gasteiger charge is 2.01. The van der Waals surface area contributed by atoms with Gasteiger partial charge < -0.3 is 9.80 Å². The van der Waals surface area contributed by atoms with Crippen molar-refractivity contribution in [2.24, 2.45) is 0 Å². The lowest BCUT2D eigenvalue weighted by Crippen LogP contribution is -2.27. The maximum Gasteiger partial charge on any atom is 0.0267 e. The summed E-state index contributed by atoms with van der Waals surface area (Å²) in [6.45, 7) is 20.9. The van der Waals surface area contributed by atoms with E-state index in [2.05, 4.69) is 56.3 Å². The summed E-state index contributed by atoms with van der Waals surface area (Å²) < 4.78 is 0. The summed E-state index contributed by atoms with van der Waals surface area (Å²) in [7, 11) is 0. The van der Waals surface area contributed by atoms with E-state index < -0.39 is 0 Å². The molecule has 0 atom stereocenters. The largest absolute Gasteiger partial charge is 0.304 e. The standard InChI is InChI=1S/C12H27N.C6H15N.C5H5N/c1-4-7-10-13(11-8-5-2)12-9-6-3;1-4-7(5-2)6-3;1-2-4-6-5-3-1/h4-12H2,1-3H3;4-6H2,1-3H3;1-5H. The molecule has 26 heavy (non-hydrogen) atoms. The number of nitrogens with zero attached hydrogens (tertiary/aromatic N) is 3. The molecule has 0 fully saturated rings. The second-order valence-corrected chi connectivity index (χ2v) is 6.55. The van der Waals surface area contributed by atoms with Crippen molar-refractivity contribution < 1.29 is 0 Å². The van der Waals surface area contributed by atoms with Crippen LogP contribution < -0.4 is 0 Å². The van der Waals surface area contributed by atoms with E-state index in [1.165, 1.54) is 77.8 Å². The highest BCUT2D eigenvalue weighted by atomic mass is 15.1. The number of hydrogen-bond acceptors (Lipinski definition) is 3. The fourth-order valence-corrected chi connectivity index (χ4v) is 2.46. The first-order valence-electron chi connectivity index (χ1n) is 11.0. The van der Waals surface area contributed by atoms with Gasteiger partial charge in [0.25, 0.3) is 0 Å². The number of unbranched alkanes of at least 4 members (excludes halogenated alkanes) is 3. The first-order chi connectivity index (χ1) is 12.7. The van der Waals surface area contributed by atoms with Gasteiger partial charge in [0.15, 0.2) is 0 Å². The van der Waals surface area contributed by atoms with Gasteiger partial charge in [-0.3, -0.25) is 4.98 Å². The van der Waals surface area contributed by atoms with Gasteiger partial charge in [-0.1, -0.05) is 66.9 Å². The summed E-state index contributed by atoms with van der Waals surface area (Å²) in [4.78, 5) is 8.80. The van der Waals surface area contributed by atoms with Crippen LogP contribution >= 0.6 is 0 Å². The Morgan fingerprint density at radius 3 is 1.08 bits per heavy atom. The Kier molecular flexibility index (Phi) is 25.3. The van der Waals surface area contributed by atoms with Gasteiger partial charge >= 0.3 is 0 Å². The van der Waals surface area contributed by atoms with E-state index in [1.807, 2.05) is 18.2 Å². The fraction of sp³-hybridized carbons (Fsp3) is 0.783. The van der Waals surface area contributed by atoms with E-state index in [9.17, 15) is 0 Å². The van der Waals surface area contributed by atoms with Crippen LogP contribution in [0.15, 0.2) is 30.6 Å². The molecule has 0 aromatic carbocycles. The van der Waals surface area contributed by atoms with Crippen molar-refractivity contribution in [2.75, 3.05) is 39.3 Å². The molecule has 154 valence electrons. The topological polar surface area (TPSA) is 19.4 Å². The van der Waals surface area contributed by atoms with Gasteiger partial charge in [-0.05, 0) is 70.7 Å². The van der Waals surface area contributed by atoms with Gasteiger partial charge in [0.2, 0.25) is 0 Å². The lowest BCUT2D eigenvalue weighted by molar-refractivity contribution is 0.261. The molecule has 0 saturated heterocycles. The van der Waals surface area contributed by atoms with Crippen molar-refractivity contribution >= 4 is 0 Å². The smallest absolute Gasteiger partial charge is 0.0267 e. The van der Waals surface area contributed by atoms with Crippen LogP contribution in [-0.4, -0.2) is 54.1 Å². The van der Waals surface area contributed by atoms with Gasteiger partial charge in [-0.15, -0.1) is 0 Å². The van der Waals surface area contributed by atoms with Gasteiger partial charge in [-0.2, -0.15) is 0 Å². The maximum absolute atomic E-state index is 3.78. The zero-order chi connectivity index (χ0) is 19.9. The third-order valence-electron chi connectivity index (χ3n) is 4.39. The fourth-order valence-electron chi connectivity index (χ4n) is 2.46. The van der Waals surface area contributed by atoms with E-state index in [0.717, 1.165) is 0 Å². The Hall–Kier alpha value is -0.930. The van der Waals surface area contributed by atoms with Crippen molar-refractivity contribution in [3.05, 3.63) is 30.6 Å². The highest BCUT2D eigenvalue weighted by molar-refractivity contribution is 4.88. The van der Waals surface area contributed by atoms with Crippen molar-refractivity contribution in [3.8, 4) is 0 Å². The van der Waals surface area contributed by atoms with Crippen LogP contribution in [0.4, 0.5) is 0 Å². The average molecular weight is 366 g/mol. The SMILES string of the molecule is CCCCN(CCCC)CCCC.CCN(CC)CC.c1ccncc1. The zero-order valence-corrected chi connectivity index (χ0v) is 18.7. The molecule has 0 saturated carbocycles. The monoisotopic (exact) mass is 365 g/mol. The van der Waals surface area contributed by atoms with Crippen molar-refractivity contribution in [2.45, 2.75) is 80.1 Å². The molecule has 0 spiro atoms. The van der Waals surface area contributed by atoms with E-state index in [1.54, 1.807) is 12.4 Å². The van der Waals surface area contributed by atoms with Crippen LogP contribution in [0.5, 0.6) is 0 Å². The molecule has 0 bridgehead atoms.